The number of alkyl carbamates (subject to hydrolysis) is 1. The predicted molar refractivity (Wildman–Crippen MR) is 170 cm³/mol. The maximum absolute atomic E-state index is 13.4. The lowest BCUT2D eigenvalue weighted by atomic mass is 9.89. The fourth-order valence-electron chi connectivity index (χ4n) is 5.29. The zero-order chi connectivity index (χ0) is 32.8. The van der Waals surface area contributed by atoms with Crippen molar-refractivity contribution in [2.45, 2.75) is 95.5 Å². The number of aliphatic hydroxyl groups is 2. The first-order valence-electron chi connectivity index (χ1n) is 15.7. The summed E-state index contributed by atoms with van der Waals surface area (Å²) in [5.41, 5.74) is 0.725. The van der Waals surface area contributed by atoms with Crippen molar-refractivity contribution >= 4 is 23.8 Å². The van der Waals surface area contributed by atoms with Gasteiger partial charge in [-0.3, -0.25) is 14.4 Å². The van der Waals surface area contributed by atoms with Gasteiger partial charge in [-0.15, -0.1) is 0 Å². The summed E-state index contributed by atoms with van der Waals surface area (Å²) in [7, 11) is 0. The van der Waals surface area contributed by atoms with Gasteiger partial charge in [0.25, 0.3) is 5.91 Å². The molecule has 0 spiro atoms. The summed E-state index contributed by atoms with van der Waals surface area (Å²) in [4.78, 5) is 52.3. The predicted octanol–water partition coefficient (Wildman–Crippen LogP) is 2.38. The highest BCUT2D eigenvalue weighted by Crippen LogP contribution is 2.22. The SMILES string of the molecule is CC(C)(C)OC(=O)N[C@@H](Cc1ccccc1)C(=O)N[C@@H](CO)C(=O)N[C@@H](Cc1ccccc1)[C@@H](O)C(=O)NCC1CCCCC1. The van der Waals surface area contributed by atoms with E-state index < -0.39 is 60.3 Å². The molecule has 4 atom stereocenters. The van der Waals surface area contributed by atoms with Crippen LogP contribution in [0.15, 0.2) is 60.7 Å². The Morgan fingerprint density at radius 1 is 0.778 bits per heavy atom. The van der Waals surface area contributed by atoms with E-state index in [4.69, 9.17) is 4.74 Å². The topological polar surface area (TPSA) is 166 Å². The van der Waals surface area contributed by atoms with Crippen LogP contribution >= 0.6 is 0 Å². The molecule has 1 aliphatic carbocycles. The quantitative estimate of drug-likeness (QED) is 0.188. The van der Waals surface area contributed by atoms with E-state index in [1.54, 1.807) is 45.0 Å². The number of carbonyl (C=O) groups excluding carboxylic acids is 4. The third-order valence-corrected chi connectivity index (χ3v) is 7.67. The number of hydrogen-bond acceptors (Lipinski definition) is 7. The minimum absolute atomic E-state index is 0.0994. The van der Waals surface area contributed by atoms with Gasteiger partial charge in [0.15, 0.2) is 6.10 Å². The zero-order valence-electron chi connectivity index (χ0n) is 26.5. The summed E-state index contributed by atoms with van der Waals surface area (Å²) in [6.45, 7) is 4.78. The number of rotatable bonds is 14. The van der Waals surface area contributed by atoms with Crippen LogP contribution < -0.4 is 21.3 Å². The van der Waals surface area contributed by atoms with E-state index in [-0.39, 0.29) is 12.8 Å². The molecule has 246 valence electrons. The van der Waals surface area contributed by atoms with E-state index in [2.05, 4.69) is 21.3 Å². The van der Waals surface area contributed by atoms with Crippen molar-refractivity contribution in [2.75, 3.05) is 13.2 Å². The summed E-state index contributed by atoms with van der Waals surface area (Å²) in [5, 5.41) is 31.7. The molecule has 0 radical (unpaired) electrons. The van der Waals surface area contributed by atoms with Crippen LogP contribution in [0.25, 0.3) is 0 Å². The molecule has 2 aromatic carbocycles. The Labute approximate surface area is 265 Å². The Balaban J connectivity index is 1.71. The molecule has 0 heterocycles. The first-order valence-corrected chi connectivity index (χ1v) is 15.7. The molecule has 0 unspecified atom stereocenters. The van der Waals surface area contributed by atoms with E-state index >= 15 is 0 Å². The van der Waals surface area contributed by atoms with Crippen LogP contribution in [0.4, 0.5) is 4.79 Å². The molecule has 2 aromatic rings. The second-order valence-corrected chi connectivity index (χ2v) is 12.6. The molecule has 6 N–H and O–H groups in total. The monoisotopic (exact) mass is 624 g/mol. The highest BCUT2D eigenvalue weighted by Gasteiger charge is 2.33. The fourth-order valence-corrected chi connectivity index (χ4v) is 5.29. The van der Waals surface area contributed by atoms with Crippen LogP contribution in [0.5, 0.6) is 0 Å². The molecule has 0 bridgehead atoms. The number of carbonyl (C=O) groups is 4. The number of amides is 4. The molecular formula is C34H48N4O7. The van der Waals surface area contributed by atoms with Gasteiger partial charge in [-0.2, -0.15) is 0 Å². The van der Waals surface area contributed by atoms with Crippen LogP contribution in [-0.4, -0.2) is 77.0 Å². The number of nitrogens with one attached hydrogen (secondary N) is 4. The van der Waals surface area contributed by atoms with Crippen LogP contribution in [0.3, 0.4) is 0 Å². The van der Waals surface area contributed by atoms with E-state index in [0.29, 0.717) is 12.5 Å². The van der Waals surface area contributed by atoms with Crippen molar-refractivity contribution in [2.24, 2.45) is 5.92 Å². The average molecular weight is 625 g/mol. The Kier molecular flexibility index (Phi) is 13.8. The fraction of sp³-hybridized carbons (Fsp3) is 0.529. The van der Waals surface area contributed by atoms with Gasteiger partial charge >= 0.3 is 6.09 Å². The lowest BCUT2D eigenvalue weighted by Crippen LogP contribution is -2.59. The highest BCUT2D eigenvalue weighted by molar-refractivity contribution is 5.92. The van der Waals surface area contributed by atoms with Crippen molar-refractivity contribution in [3.8, 4) is 0 Å². The summed E-state index contributed by atoms with van der Waals surface area (Å²) in [5.74, 6) is -1.76. The summed E-state index contributed by atoms with van der Waals surface area (Å²) < 4.78 is 5.33. The molecule has 45 heavy (non-hydrogen) atoms. The zero-order valence-corrected chi connectivity index (χ0v) is 26.5. The Morgan fingerprint density at radius 2 is 1.33 bits per heavy atom. The van der Waals surface area contributed by atoms with Crippen LogP contribution in [-0.2, 0) is 32.0 Å². The highest BCUT2D eigenvalue weighted by atomic mass is 16.6. The van der Waals surface area contributed by atoms with Gasteiger partial charge in [-0.05, 0) is 57.1 Å². The number of hydrogen-bond donors (Lipinski definition) is 6. The third-order valence-electron chi connectivity index (χ3n) is 7.67. The van der Waals surface area contributed by atoms with Gasteiger partial charge in [0.05, 0.1) is 12.6 Å². The van der Waals surface area contributed by atoms with Gasteiger partial charge < -0.3 is 36.2 Å². The lowest BCUT2D eigenvalue weighted by molar-refractivity contribution is -0.135. The molecule has 11 heteroatoms. The molecule has 0 aliphatic heterocycles. The molecule has 11 nitrogen and oxygen atoms in total. The first kappa shape index (κ1) is 35.5. The van der Waals surface area contributed by atoms with E-state index in [1.165, 1.54) is 6.42 Å². The minimum atomic E-state index is -1.58. The van der Waals surface area contributed by atoms with Crippen molar-refractivity contribution in [3.63, 3.8) is 0 Å². The molecule has 1 fully saturated rings. The number of aliphatic hydroxyl groups excluding tert-OH is 2. The van der Waals surface area contributed by atoms with Crippen molar-refractivity contribution < 1.29 is 34.1 Å². The Hall–Kier alpha value is -3.96. The van der Waals surface area contributed by atoms with Crippen LogP contribution in [0.1, 0.15) is 64.0 Å². The third kappa shape index (κ3) is 12.5. The van der Waals surface area contributed by atoms with E-state index in [1.807, 2.05) is 36.4 Å². The van der Waals surface area contributed by atoms with Crippen molar-refractivity contribution in [1.29, 1.82) is 0 Å². The second kappa shape index (κ2) is 17.5. The smallest absolute Gasteiger partial charge is 0.408 e. The standard InChI is InChI=1S/C34H48N4O7/c1-34(2,3)45-33(44)38-27(20-24-15-9-5-10-16-24)30(41)37-28(22-39)31(42)36-26(19-23-13-7-4-8-14-23)29(40)32(43)35-21-25-17-11-6-12-18-25/h4-5,7-10,13-16,25-29,39-40H,6,11-12,17-22H2,1-3H3,(H,35,43)(H,36,42)(H,37,41)(H,38,44)/t26-,27-,28-,29+/m0/s1. The maximum atomic E-state index is 13.4. The molecule has 0 saturated heterocycles. The first-order chi connectivity index (χ1) is 21.4. The number of ether oxygens (including phenoxy) is 1. The van der Waals surface area contributed by atoms with E-state index in [9.17, 15) is 29.4 Å². The Morgan fingerprint density at radius 3 is 1.89 bits per heavy atom. The van der Waals surface area contributed by atoms with Crippen LogP contribution in [0, 0.1) is 5.92 Å². The maximum Gasteiger partial charge on any atom is 0.408 e. The van der Waals surface area contributed by atoms with Crippen LogP contribution in [0.2, 0.25) is 0 Å². The average Bonchev–Trinajstić information content (AvgIpc) is 3.01. The molecule has 3 rings (SSSR count). The molecular weight excluding hydrogens is 576 g/mol. The van der Waals surface area contributed by atoms with Crippen molar-refractivity contribution in [1.82, 2.24) is 21.3 Å². The van der Waals surface area contributed by atoms with Gasteiger partial charge in [0, 0.05) is 13.0 Å². The lowest BCUT2D eigenvalue weighted by Gasteiger charge is -2.28. The van der Waals surface area contributed by atoms with Gasteiger partial charge in [0.2, 0.25) is 11.8 Å². The Bertz CT molecular complexity index is 1230. The normalized spacial score (nSPS) is 16.4. The van der Waals surface area contributed by atoms with E-state index in [0.717, 1.165) is 36.8 Å². The van der Waals surface area contributed by atoms with Gasteiger partial charge in [-0.1, -0.05) is 79.9 Å². The summed E-state index contributed by atoms with van der Waals surface area (Å²) >= 11 is 0. The molecule has 4 amide bonds. The second-order valence-electron chi connectivity index (χ2n) is 12.6. The minimum Gasteiger partial charge on any atom is -0.444 e. The molecule has 1 saturated carbocycles. The number of benzene rings is 2. The summed E-state index contributed by atoms with van der Waals surface area (Å²) in [6, 6.07) is 14.5. The largest absolute Gasteiger partial charge is 0.444 e. The molecule has 1 aliphatic rings. The molecule has 0 aromatic heterocycles. The van der Waals surface area contributed by atoms with Crippen molar-refractivity contribution in [3.05, 3.63) is 71.8 Å². The van der Waals surface area contributed by atoms with Gasteiger partial charge in [0.1, 0.15) is 17.7 Å². The van der Waals surface area contributed by atoms with Gasteiger partial charge in [-0.25, -0.2) is 4.79 Å². The summed E-state index contributed by atoms with van der Waals surface area (Å²) in [6.07, 6.45) is 3.30.